The van der Waals surface area contributed by atoms with Gasteiger partial charge < -0.3 is 18.9 Å². The standard InChI is InChI=1S/C2H7O4P.K/c1-2-6-7(3,4)5;/h2H2,1H3,(H2,3,4,5);/q;+1/p-2. The third kappa shape index (κ3) is 10.7. The number of rotatable bonds is 2. The molecule has 0 aliphatic carbocycles. The molecule has 0 unspecified atom stereocenters. The first kappa shape index (κ1) is 12.4. The van der Waals surface area contributed by atoms with Crippen molar-refractivity contribution in [3.8, 4) is 0 Å². The first-order valence-corrected chi connectivity index (χ1v) is 3.19. The van der Waals surface area contributed by atoms with E-state index in [1.165, 1.54) is 6.92 Å². The smallest absolute Gasteiger partial charge is 0.790 e. The van der Waals surface area contributed by atoms with Crippen LogP contribution < -0.4 is 61.2 Å². The van der Waals surface area contributed by atoms with E-state index in [9.17, 15) is 14.4 Å². The molecule has 0 fully saturated rings. The molecule has 0 N–H and O–H groups in total. The second kappa shape index (κ2) is 5.53. The molecule has 0 saturated heterocycles. The number of hydrogen-bond donors (Lipinski definition) is 0. The van der Waals surface area contributed by atoms with Gasteiger partial charge in [-0.1, -0.05) is 0 Å². The van der Waals surface area contributed by atoms with E-state index < -0.39 is 7.82 Å². The molecule has 0 saturated carbocycles. The van der Waals surface area contributed by atoms with Crippen molar-refractivity contribution in [3.63, 3.8) is 0 Å². The first-order chi connectivity index (χ1) is 3.06. The molecule has 0 aliphatic heterocycles. The molecule has 0 aromatic heterocycles. The third-order valence-corrected chi connectivity index (χ3v) is 0.862. The summed E-state index contributed by atoms with van der Waals surface area (Å²) in [7, 11) is -4.67. The molecule has 8 heavy (non-hydrogen) atoms. The maximum absolute atomic E-state index is 9.48. The van der Waals surface area contributed by atoms with Gasteiger partial charge in [0.25, 0.3) is 0 Å². The van der Waals surface area contributed by atoms with Crippen LogP contribution in [-0.4, -0.2) is 6.61 Å². The molecule has 0 rings (SSSR count). The van der Waals surface area contributed by atoms with E-state index in [-0.39, 0.29) is 58.0 Å². The molecule has 0 bridgehead atoms. The molecule has 0 aliphatic rings. The van der Waals surface area contributed by atoms with Crippen LogP contribution in [0.1, 0.15) is 6.92 Å². The van der Waals surface area contributed by atoms with Crippen molar-refractivity contribution in [3.05, 3.63) is 0 Å². The Morgan fingerprint density at radius 1 is 1.62 bits per heavy atom. The molecular weight excluding hydrogens is 158 g/mol. The SMILES string of the molecule is CCOP(=O)([O-])[O-].[K+]. The van der Waals surface area contributed by atoms with Gasteiger partial charge in [0, 0.05) is 6.61 Å². The van der Waals surface area contributed by atoms with Crippen LogP contribution in [0, 0.1) is 0 Å². The topological polar surface area (TPSA) is 72.4 Å². The Labute approximate surface area is 90.3 Å². The summed E-state index contributed by atoms with van der Waals surface area (Å²) in [6, 6.07) is 0. The van der Waals surface area contributed by atoms with E-state index in [1.807, 2.05) is 0 Å². The molecule has 6 heteroatoms. The predicted molar refractivity (Wildman–Crippen MR) is 19.2 cm³/mol. The van der Waals surface area contributed by atoms with E-state index in [4.69, 9.17) is 0 Å². The second-order valence-corrected chi connectivity index (χ2v) is 2.02. The fourth-order valence-corrected chi connectivity index (χ4v) is 0.474. The molecule has 0 radical (unpaired) electrons. The van der Waals surface area contributed by atoms with Gasteiger partial charge in [0.2, 0.25) is 0 Å². The van der Waals surface area contributed by atoms with Crippen molar-refractivity contribution >= 4 is 7.82 Å². The van der Waals surface area contributed by atoms with E-state index in [1.54, 1.807) is 0 Å². The summed E-state index contributed by atoms with van der Waals surface area (Å²) < 4.78 is 13.2. The second-order valence-electron chi connectivity index (χ2n) is 0.865. The summed E-state index contributed by atoms with van der Waals surface area (Å²) in [4.78, 5) is 19.0. The molecule has 0 heterocycles. The minimum atomic E-state index is -4.67. The van der Waals surface area contributed by atoms with Gasteiger partial charge in [-0.2, -0.15) is 0 Å². The van der Waals surface area contributed by atoms with Gasteiger partial charge in [0.15, 0.2) is 0 Å². The van der Waals surface area contributed by atoms with Crippen LogP contribution >= 0.6 is 7.82 Å². The molecular formula is C2H5KO4P-. The summed E-state index contributed by atoms with van der Waals surface area (Å²) >= 11 is 0. The van der Waals surface area contributed by atoms with E-state index in [0.717, 1.165) is 0 Å². The zero-order valence-corrected chi connectivity index (χ0v) is 8.80. The van der Waals surface area contributed by atoms with Crippen molar-refractivity contribution in [2.45, 2.75) is 6.92 Å². The summed E-state index contributed by atoms with van der Waals surface area (Å²) in [5, 5.41) is 0. The summed E-state index contributed by atoms with van der Waals surface area (Å²) in [5.74, 6) is 0. The minimum Gasteiger partial charge on any atom is -0.790 e. The van der Waals surface area contributed by atoms with Crippen molar-refractivity contribution < 1.29 is 70.3 Å². The number of hydrogen-bond acceptors (Lipinski definition) is 4. The first-order valence-electron chi connectivity index (χ1n) is 1.73. The van der Waals surface area contributed by atoms with E-state index in [2.05, 4.69) is 4.52 Å². The summed E-state index contributed by atoms with van der Waals surface area (Å²) in [5.41, 5.74) is 0. The quantitative estimate of drug-likeness (QED) is 0.306. The van der Waals surface area contributed by atoms with Crippen LogP contribution in [0.15, 0.2) is 0 Å². The van der Waals surface area contributed by atoms with Crippen LogP contribution in [0.25, 0.3) is 0 Å². The Morgan fingerprint density at radius 2 is 2.00 bits per heavy atom. The van der Waals surface area contributed by atoms with Crippen molar-refractivity contribution in [2.75, 3.05) is 6.61 Å². The van der Waals surface area contributed by atoms with Gasteiger partial charge in [-0.3, -0.25) is 0 Å². The molecule has 0 aromatic rings. The third-order valence-electron chi connectivity index (χ3n) is 0.287. The Kier molecular flexibility index (Phi) is 8.58. The summed E-state index contributed by atoms with van der Waals surface area (Å²) in [6.45, 7) is 1.35. The molecule has 44 valence electrons. The zero-order valence-electron chi connectivity index (χ0n) is 4.79. The van der Waals surface area contributed by atoms with Crippen LogP contribution in [0.3, 0.4) is 0 Å². The van der Waals surface area contributed by atoms with Crippen LogP contribution in [0.5, 0.6) is 0 Å². The van der Waals surface area contributed by atoms with Gasteiger partial charge in [-0.25, -0.2) is 0 Å². The predicted octanol–water partition coefficient (Wildman–Crippen LogP) is -4.14. The van der Waals surface area contributed by atoms with Crippen LogP contribution in [0.2, 0.25) is 0 Å². The number of phosphoric ester groups is 1. The van der Waals surface area contributed by atoms with E-state index >= 15 is 0 Å². The normalized spacial score (nSPS) is 10.4. The Morgan fingerprint density at radius 3 is 2.00 bits per heavy atom. The number of phosphoric acid groups is 1. The molecule has 0 spiro atoms. The van der Waals surface area contributed by atoms with Gasteiger partial charge in [-0.15, -0.1) is 0 Å². The maximum Gasteiger partial charge on any atom is 1.00 e. The maximum atomic E-state index is 9.48. The van der Waals surface area contributed by atoms with Crippen molar-refractivity contribution in [1.82, 2.24) is 0 Å². The van der Waals surface area contributed by atoms with E-state index in [0.29, 0.717) is 0 Å². The van der Waals surface area contributed by atoms with Gasteiger partial charge in [0.1, 0.15) is 0 Å². The van der Waals surface area contributed by atoms with Crippen LogP contribution in [-0.2, 0) is 9.09 Å². The Hall–Kier alpha value is 1.75. The average Bonchev–Trinajstić information content (AvgIpc) is 1.30. The van der Waals surface area contributed by atoms with Crippen molar-refractivity contribution in [1.29, 1.82) is 0 Å². The monoisotopic (exact) mass is 163 g/mol. The molecule has 0 atom stereocenters. The van der Waals surface area contributed by atoms with Gasteiger partial charge in [-0.05, 0) is 6.92 Å². The summed E-state index contributed by atoms with van der Waals surface area (Å²) in [6.07, 6.45) is 0. The molecule has 0 amide bonds. The zero-order chi connectivity index (χ0) is 5.91. The fraction of sp³-hybridized carbons (Fsp3) is 1.00. The largest absolute Gasteiger partial charge is 1.00 e. The average molecular weight is 163 g/mol. The fourth-order valence-electron chi connectivity index (χ4n) is 0.158. The van der Waals surface area contributed by atoms with Crippen molar-refractivity contribution in [2.24, 2.45) is 0 Å². The van der Waals surface area contributed by atoms with Gasteiger partial charge >= 0.3 is 51.4 Å². The Balaban J connectivity index is 0. The van der Waals surface area contributed by atoms with Crippen LogP contribution in [0.4, 0.5) is 0 Å². The minimum absolute atomic E-state index is 0. The Bertz CT molecular complexity index is 88.0. The molecule has 4 nitrogen and oxygen atoms in total. The van der Waals surface area contributed by atoms with Gasteiger partial charge in [0.05, 0.1) is 7.82 Å². The molecule has 0 aromatic carbocycles.